The molecule has 3 aromatic heterocycles. The predicted molar refractivity (Wildman–Crippen MR) is 138 cm³/mol. The Balaban J connectivity index is 1.44. The molecule has 2 aromatic carbocycles. The van der Waals surface area contributed by atoms with Crippen molar-refractivity contribution in [3.05, 3.63) is 103 Å². The fraction of sp³-hybridized carbons (Fsp3) is 0.111. The quantitative estimate of drug-likeness (QED) is 0.321. The monoisotopic (exact) mass is 497 g/mol. The lowest BCUT2D eigenvalue weighted by atomic mass is 10.1. The molecule has 1 unspecified atom stereocenters. The van der Waals surface area contributed by atoms with Crippen LogP contribution < -0.4 is 10.6 Å². The minimum absolute atomic E-state index is 0.138. The number of carbonyl (C=O) groups is 2. The maximum absolute atomic E-state index is 13.4. The second-order valence-corrected chi connectivity index (χ2v) is 9.11. The number of hydrogen-bond donors (Lipinski definition) is 2. The summed E-state index contributed by atoms with van der Waals surface area (Å²) < 4.78 is 7.11. The Morgan fingerprint density at radius 2 is 1.78 bits per heavy atom. The molecule has 1 atom stereocenters. The summed E-state index contributed by atoms with van der Waals surface area (Å²) in [5, 5.41) is 6.12. The van der Waals surface area contributed by atoms with Gasteiger partial charge in [0.15, 0.2) is 16.7 Å². The fourth-order valence-corrected chi connectivity index (χ4v) is 4.82. The molecule has 0 radical (unpaired) electrons. The minimum atomic E-state index is -0.842. The highest BCUT2D eigenvalue weighted by atomic mass is 32.1. The number of anilines is 1. The molecule has 5 aromatic rings. The van der Waals surface area contributed by atoms with E-state index in [0.717, 1.165) is 27.5 Å². The van der Waals surface area contributed by atoms with Gasteiger partial charge in [-0.15, -0.1) is 0 Å². The Morgan fingerprint density at radius 3 is 2.44 bits per heavy atom. The van der Waals surface area contributed by atoms with Crippen LogP contribution in [0.25, 0.3) is 22.0 Å². The number of carbonyl (C=O) groups excluding carboxylic acids is 2. The first-order valence-corrected chi connectivity index (χ1v) is 12.1. The first-order valence-electron chi connectivity index (χ1n) is 11.3. The van der Waals surface area contributed by atoms with Gasteiger partial charge in [0.05, 0.1) is 16.8 Å². The highest BCUT2D eigenvalue weighted by Crippen LogP contribution is 2.38. The second kappa shape index (κ2) is 10.4. The molecule has 0 fully saturated rings. The van der Waals surface area contributed by atoms with E-state index >= 15 is 0 Å². The Morgan fingerprint density at radius 1 is 1.03 bits per heavy atom. The molecule has 5 rings (SSSR count). The molecule has 2 N–H and O–H groups in total. The molecule has 0 aliphatic rings. The molecule has 0 aliphatic carbocycles. The largest absolute Gasteiger partial charge is 0.459 e. The van der Waals surface area contributed by atoms with Gasteiger partial charge in [0.25, 0.3) is 5.91 Å². The molecule has 0 aliphatic heterocycles. The van der Waals surface area contributed by atoms with Crippen LogP contribution in [-0.4, -0.2) is 32.4 Å². The van der Waals surface area contributed by atoms with E-state index in [-0.39, 0.29) is 11.7 Å². The van der Waals surface area contributed by atoms with Crippen molar-refractivity contribution in [1.29, 1.82) is 0 Å². The van der Waals surface area contributed by atoms with Gasteiger partial charge >= 0.3 is 0 Å². The molecule has 0 bridgehead atoms. The summed E-state index contributed by atoms with van der Waals surface area (Å²) >= 11 is 1.34. The summed E-state index contributed by atoms with van der Waals surface area (Å²) in [6, 6.07) is 21.6. The summed E-state index contributed by atoms with van der Waals surface area (Å²) in [4.78, 5) is 36.2. The Hall–Kier alpha value is -4.50. The molecule has 36 heavy (non-hydrogen) atoms. The van der Waals surface area contributed by atoms with Crippen molar-refractivity contribution in [2.45, 2.75) is 12.5 Å². The zero-order valence-corrected chi connectivity index (χ0v) is 20.2. The number of nitrogens with zero attached hydrogens (tertiary/aromatic N) is 3. The molecular weight excluding hydrogens is 474 g/mol. The normalized spacial score (nSPS) is 11.7. The number of furan rings is 1. The van der Waals surface area contributed by atoms with Crippen LogP contribution in [0.15, 0.2) is 95.9 Å². The Bertz CT molecular complexity index is 1460. The number of imidazole rings is 1. The van der Waals surface area contributed by atoms with Gasteiger partial charge in [-0.3, -0.25) is 9.59 Å². The van der Waals surface area contributed by atoms with Crippen LogP contribution in [-0.2, 0) is 18.3 Å². The Kier molecular flexibility index (Phi) is 6.72. The third-order valence-electron chi connectivity index (χ3n) is 5.58. The van der Waals surface area contributed by atoms with Gasteiger partial charge in [0, 0.05) is 31.4 Å². The SMILES string of the molecule is Cn1ccnc1-c1sc(NC(=O)C(Cc2ccccc2)NC(=O)c2ccco2)nc1-c1ccccc1. The van der Waals surface area contributed by atoms with E-state index in [0.29, 0.717) is 11.6 Å². The molecule has 9 heteroatoms. The van der Waals surface area contributed by atoms with E-state index in [2.05, 4.69) is 15.6 Å². The van der Waals surface area contributed by atoms with Crippen LogP contribution in [0.5, 0.6) is 0 Å². The maximum atomic E-state index is 13.4. The van der Waals surface area contributed by atoms with Crippen molar-refractivity contribution in [2.24, 2.45) is 7.05 Å². The van der Waals surface area contributed by atoms with Crippen LogP contribution in [0.2, 0.25) is 0 Å². The first kappa shape index (κ1) is 23.3. The zero-order valence-electron chi connectivity index (χ0n) is 19.4. The number of nitrogens with one attached hydrogen (secondary N) is 2. The lowest BCUT2D eigenvalue weighted by molar-refractivity contribution is -0.118. The van der Waals surface area contributed by atoms with Gasteiger partial charge in [0.1, 0.15) is 6.04 Å². The van der Waals surface area contributed by atoms with Gasteiger partial charge in [-0.05, 0) is 17.7 Å². The van der Waals surface area contributed by atoms with E-state index in [1.165, 1.54) is 17.6 Å². The molecule has 0 spiro atoms. The highest BCUT2D eigenvalue weighted by molar-refractivity contribution is 7.19. The standard InChI is InChI=1S/C27H23N5O3S/c1-32-15-14-28-24(32)23-22(19-11-6-3-7-12-19)30-27(36-23)31-25(33)20(17-18-9-4-2-5-10-18)29-26(34)21-13-8-16-35-21/h2-16,20H,17H2,1H3,(H,29,34)(H,30,31,33). The van der Waals surface area contributed by atoms with Gasteiger partial charge in [-0.2, -0.15) is 0 Å². The molecular formula is C27H23N5O3S. The summed E-state index contributed by atoms with van der Waals surface area (Å²) in [6.07, 6.45) is 5.31. The molecule has 0 saturated heterocycles. The first-order chi connectivity index (χ1) is 17.6. The van der Waals surface area contributed by atoms with E-state index < -0.39 is 11.9 Å². The number of thiazole rings is 1. The third-order valence-corrected chi connectivity index (χ3v) is 6.54. The van der Waals surface area contributed by atoms with Crippen molar-refractivity contribution in [3.63, 3.8) is 0 Å². The number of aromatic nitrogens is 3. The van der Waals surface area contributed by atoms with Crippen molar-refractivity contribution in [3.8, 4) is 22.0 Å². The molecule has 180 valence electrons. The lowest BCUT2D eigenvalue weighted by Crippen LogP contribution is -2.45. The lowest BCUT2D eigenvalue weighted by Gasteiger charge is -2.17. The zero-order chi connectivity index (χ0) is 24.9. The predicted octanol–water partition coefficient (Wildman–Crippen LogP) is 4.78. The molecule has 0 saturated carbocycles. The molecule has 8 nitrogen and oxygen atoms in total. The van der Waals surface area contributed by atoms with Crippen LogP contribution >= 0.6 is 11.3 Å². The van der Waals surface area contributed by atoms with E-state index in [1.807, 2.05) is 78.5 Å². The van der Waals surface area contributed by atoms with E-state index in [1.54, 1.807) is 18.3 Å². The summed E-state index contributed by atoms with van der Waals surface area (Å²) in [7, 11) is 1.91. The Labute approximate surface area is 211 Å². The average Bonchev–Trinajstić information content (AvgIpc) is 3.66. The van der Waals surface area contributed by atoms with E-state index in [9.17, 15) is 9.59 Å². The molecule has 3 heterocycles. The molecule has 2 amide bonds. The summed E-state index contributed by atoms with van der Waals surface area (Å²) in [5.41, 5.74) is 2.55. The van der Waals surface area contributed by atoms with Crippen molar-refractivity contribution < 1.29 is 14.0 Å². The number of amides is 2. The van der Waals surface area contributed by atoms with Crippen molar-refractivity contribution in [2.75, 3.05) is 5.32 Å². The van der Waals surface area contributed by atoms with Gasteiger partial charge in [-0.1, -0.05) is 72.0 Å². The van der Waals surface area contributed by atoms with Crippen molar-refractivity contribution >= 4 is 28.3 Å². The van der Waals surface area contributed by atoms with Crippen LogP contribution in [0.1, 0.15) is 16.1 Å². The summed E-state index contributed by atoms with van der Waals surface area (Å²) in [6.45, 7) is 0. The second-order valence-electron chi connectivity index (χ2n) is 8.11. The third kappa shape index (κ3) is 5.11. The fourth-order valence-electron chi connectivity index (χ4n) is 3.79. The number of hydrogen-bond acceptors (Lipinski definition) is 6. The van der Waals surface area contributed by atoms with Crippen LogP contribution in [0.4, 0.5) is 5.13 Å². The minimum Gasteiger partial charge on any atom is -0.459 e. The number of benzene rings is 2. The summed E-state index contributed by atoms with van der Waals surface area (Å²) in [5.74, 6) is 0.0461. The highest BCUT2D eigenvalue weighted by Gasteiger charge is 2.25. The van der Waals surface area contributed by atoms with Gasteiger partial charge in [-0.25, -0.2) is 9.97 Å². The van der Waals surface area contributed by atoms with Gasteiger partial charge < -0.3 is 19.6 Å². The van der Waals surface area contributed by atoms with Crippen LogP contribution in [0.3, 0.4) is 0 Å². The number of rotatable bonds is 8. The topological polar surface area (TPSA) is 102 Å². The van der Waals surface area contributed by atoms with E-state index in [4.69, 9.17) is 9.40 Å². The average molecular weight is 498 g/mol. The van der Waals surface area contributed by atoms with Crippen molar-refractivity contribution in [1.82, 2.24) is 19.9 Å². The maximum Gasteiger partial charge on any atom is 0.287 e. The smallest absolute Gasteiger partial charge is 0.287 e. The van der Waals surface area contributed by atoms with Crippen LogP contribution in [0, 0.1) is 0 Å². The van der Waals surface area contributed by atoms with Gasteiger partial charge in [0.2, 0.25) is 5.91 Å². The number of aryl methyl sites for hydroxylation is 1.